The van der Waals surface area contributed by atoms with Gasteiger partial charge in [0, 0.05) is 13.6 Å². The molecular formula is C22H24FN5O2S. The van der Waals surface area contributed by atoms with Gasteiger partial charge >= 0.3 is 0 Å². The van der Waals surface area contributed by atoms with Crippen LogP contribution < -0.4 is 0 Å². The van der Waals surface area contributed by atoms with Gasteiger partial charge in [-0.15, -0.1) is 0 Å². The fraction of sp³-hybridized carbons (Fsp3) is 0.455. The third-order valence-electron chi connectivity index (χ3n) is 5.86. The van der Waals surface area contributed by atoms with Gasteiger partial charge in [-0.1, -0.05) is 12.1 Å². The normalized spacial score (nSPS) is 21.5. The minimum atomic E-state index is -0.594. The minimum Gasteiger partial charge on any atom is -0.334 e. The first-order valence-corrected chi connectivity index (χ1v) is 11.9. The van der Waals surface area contributed by atoms with Crippen molar-refractivity contribution in [2.45, 2.75) is 25.8 Å². The molecule has 3 heterocycles. The molecule has 0 bridgehead atoms. The number of halogens is 1. The summed E-state index contributed by atoms with van der Waals surface area (Å²) in [6.07, 6.45) is 3.95. The van der Waals surface area contributed by atoms with E-state index in [9.17, 15) is 19.2 Å². The molecule has 1 amide bonds. The van der Waals surface area contributed by atoms with E-state index in [-0.39, 0.29) is 41.1 Å². The zero-order valence-electron chi connectivity index (χ0n) is 17.3. The molecule has 31 heavy (non-hydrogen) atoms. The Morgan fingerprint density at radius 3 is 2.61 bits per heavy atom. The third-order valence-corrected chi connectivity index (χ3v) is 8.29. The first kappa shape index (κ1) is 21.4. The minimum absolute atomic E-state index is 0.151. The van der Waals surface area contributed by atoms with Crippen molar-refractivity contribution in [2.24, 2.45) is 18.9 Å². The number of aromatic nitrogens is 3. The van der Waals surface area contributed by atoms with Gasteiger partial charge in [0.15, 0.2) is 11.6 Å². The number of rotatable bonds is 6. The summed E-state index contributed by atoms with van der Waals surface area (Å²) < 4.78 is 14.9. The number of carbonyl (C=O) groups is 2. The van der Waals surface area contributed by atoms with Gasteiger partial charge in [-0.2, -0.15) is 20.8 Å². The zero-order valence-corrected chi connectivity index (χ0v) is 18.1. The summed E-state index contributed by atoms with van der Waals surface area (Å²) in [5.41, 5.74) is 0.789. The SMILES string of the molecule is Cn1cnc(CN2C[C@H](C(=O)C(C#N)=S3CCCC3)[C@@H](Cc3ccc(F)cc3)C2=O)n1. The second kappa shape index (κ2) is 9.10. The topological polar surface area (TPSA) is 91.9 Å². The van der Waals surface area contributed by atoms with Crippen molar-refractivity contribution in [1.82, 2.24) is 19.7 Å². The van der Waals surface area contributed by atoms with E-state index < -0.39 is 11.8 Å². The van der Waals surface area contributed by atoms with Crippen LogP contribution in [0.15, 0.2) is 30.6 Å². The summed E-state index contributed by atoms with van der Waals surface area (Å²) >= 11 is 0. The average Bonchev–Trinajstić information content (AvgIpc) is 3.48. The first-order valence-electron chi connectivity index (χ1n) is 10.3. The Bertz CT molecular complexity index is 1060. The van der Waals surface area contributed by atoms with Crippen LogP contribution in [0.5, 0.6) is 0 Å². The lowest BCUT2D eigenvalue weighted by atomic mass is 9.85. The van der Waals surface area contributed by atoms with E-state index in [2.05, 4.69) is 16.2 Å². The Hall–Kier alpha value is -2.86. The van der Waals surface area contributed by atoms with Gasteiger partial charge in [-0.25, -0.2) is 9.37 Å². The van der Waals surface area contributed by atoms with Crippen LogP contribution in [0.3, 0.4) is 0 Å². The third kappa shape index (κ3) is 4.59. The highest BCUT2D eigenvalue weighted by Crippen LogP contribution is 2.33. The van der Waals surface area contributed by atoms with E-state index in [0.717, 1.165) is 29.9 Å². The molecule has 0 saturated carbocycles. The molecule has 0 unspecified atom stereocenters. The van der Waals surface area contributed by atoms with Gasteiger partial charge in [0.05, 0.1) is 18.4 Å². The fourth-order valence-electron chi connectivity index (χ4n) is 4.29. The molecule has 0 spiro atoms. The highest BCUT2D eigenvalue weighted by molar-refractivity contribution is 8.17. The van der Waals surface area contributed by atoms with E-state index in [1.807, 2.05) is 0 Å². The number of amides is 1. The van der Waals surface area contributed by atoms with Crippen LogP contribution in [0.25, 0.3) is 0 Å². The summed E-state index contributed by atoms with van der Waals surface area (Å²) in [5.74, 6) is 0.372. The predicted octanol–water partition coefficient (Wildman–Crippen LogP) is 2.10. The molecule has 9 heteroatoms. The van der Waals surface area contributed by atoms with Crippen molar-refractivity contribution in [1.29, 1.82) is 5.26 Å². The molecule has 0 aliphatic carbocycles. The molecule has 2 aliphatic rings. The van der Waals surface area contributed by atoms with Crippen LogP contribution in [0.4, 0.5) is 4.39 Å². The van der Waals surface area contributed by atoms with Crippen LogP contribution in [-0.2, 0) is 29.6 Å². The van der Waals surface area contributed by atoms with Crippen LogP contribution in [0, 0.1) is 29.0 Å². The summed E-state index contributed by atoms with van der Waals surface area (Å²) in [4.78, 5) is 32.9. The van der Waals surface area contributed by atoms with Gasteiger partial charge in [-0.05, 0) is 48.5 Å². The standard InChI is InChI=1S/C22H24FN5O2S/c1-27-14-25-20(26-27)13-28-12-18(21(29)19(11-24)31-8-2-3-9-31)17(22(28)30)10-15-4-6-16(23)7-5-15/h4-7,14,17-18H,2-3,8-10,12-13H2,1H3/t17-,18+/m1/s1. The second-order valence-electron chi connectivity index (χ2n) is 8.01. The average molecular weight is 442 g/mol. The van der Waals surface area contributed by atoms with E-state index >= 15 is 0 Å². The number of aryl methyl sites for hydroxylation is 1. The smallest absolute Gasteiger partial charge is 0.227 e. The van der Waals surface area contributed by atoms with Crippen LogP contribution in [0.1, 0.15) is 24.2 Å². The van der Waals surface area contributed by atoms with E-state index in [1.54, 1.807) is 35.1 Å². The molecule has 162 valence electrons. The molecule has 4 rings (SSSR count). The van der Waals surface area contributed by atoms with Gasteiger partial charge in [-0.3, -0.25) is 14.3 Å². The summed E-state index contributed by atoms with van der Waals surface area (Å²) in [7, 11) is 1.44. The van der Waals surface area contributed by atoms with Crippen molar-refractivity contribution in [3.8, 4) is 6.07 Å². The van der Waals surface area contributed by atoms with Crippen LogP contribution >= 0.6 is 10.5 Å². The number of ketones is 1. The number of hydrogen-bond acceptors (Lipinski definition) is 5. The lowest BCUT2D eigenvalue weighted by molar-refractivity contribution is -0.132. The lowest BCUT2D eigenvalue weighted by Gasteiger charge is -2.16. The zero-order chi connectivity index (χ0) is 22.0. The van der Waals surface area contributed by atoms with Crippen molar-refractivity contribution >= 4 is 27.0 Å². The Labute approximate surface area is 182 Å². The number of hydrogen-bond donors (Lipinski definition) is 0. The Morgan fingerprint density at radius 2 is 2.00 bits per heavy atom. The monoisotopic (exact) mass is 441 g/mol. The van der Waals surface area contributed by atoms with Crippen molar-refractivity contribution in [2.75, 3.05) is 18.1 Å². The Kier molecular flexibility index (Phi) is 6.28. The first-order chi connectivity index (χ1) is 15.0. The van der Waals surface area contributed by atoms with Crippen molar-refractivity contribution in [3.05, 3.63) is 47.8 Å². The molecular weight excluding hydrogens is 417 g/mol. The fourth-order valence-corrected chi connectivity index (χ4v) is 6.57. The van der Waals surface area contributed by atoms with Gasteiger partial charge in [0.25, 0.3) is 0 Å². The maximum absolute atomic E-state index is 13.4. The quantitative estimate of drug-likeness (QED) is 0.640. The van der Waals surface area contributed by atoms with E-state index in [1.165, 1.54) is 12.1 Å². The van der Waals surface area contributed by atoms with Crippen LogP contribution in [-0.4, -0.2) is 54.3 Å². The molecule has 2 saturated heterocycles. The van der Waals surface area contributed by atoms with Crippen molar-refractivity contribution < 1.29 is 14.0 Å². The van der Waals surface area contributed by atoms with Crippen molar-refractivity contribution in [3.63, 3.8) is 0 Å². The number of nitriles is 1. The Morgan fingerprint density at radius 1 is 1.29 bits per heavy atom. The highest BCUT2D eigenvalue weighted by atomic mass is 32.2. The number of Topliss-reactive ketones (excluding diaryl/α,β-unsaturated/α-hetero) is 1. The number of likely N-dealkylation sites (tertiary alicyclic amines) is 1. The maximum Gasteiger partial charge on any atom is 0.227 e. The molecule has 2 aromatic rings. The van der Waals surface area contributed by atoms with E-state index in [4.69, 9.17) is 0 Å². The summed E-state index contributed by atoms with van der Waals surface area (Å²) in [5, 5.41) is 14.0. The number of carbonyl (C=O) groups excluding carboxylic acids is 2. The van der Waals surface area contributed by atoms with Gasteiger partial charge in [0.2, 0.25) is 5.91 Å². The molecule has 2 fully saturated rings. The molecule has 0 N–H and O–H groups in total. The molecule has 7 nitrogen and oxygen atoms in total. The summed E-state index contributed by atoms with van der Waals surface area (Å²) in [6.45, 7) is 0.459. The summed E-state index contributed by atoms with van der Waals surface area (Å²) in [6, 6.07) is 8.16. The number of benzene rings is 1. The predicted molar refractivity (Wildman–Crippen MR) is 116 cm³/mol. The highest BCUT2D eigenvalue weighted by Gasteiger charge is 2.45. The van der Waals surface area contributed by atoms with Gasteiger partial charge in [0.1, 0.15) is 23.1 Å². The molecule has 2 atom stereocenters. The maximum atomic E-state index is 13.4. The molecule has 2 aliphatic heterocycles. The van der Waals surface area contributed by atoms with Crippen LogP contribution in [0.2, 0.25) is 0 Å². The molecule has 1 aromatic heterocycles. The molecule has 1 aromatic carbocycles. The lowest BCUT2D eigenvalue weighted by Crippen LogP contribution is -2.31. The number of nitrogens with zero attached hydrogens (tertiary/aromatic N) is 5. The second-order valence-corrected chi connectivity index (χ2v) is 10.2. The molecule has 0 radical (unpaired) electrons. The largest absolute Gasteiger partial charge is 0.334 e. The van der Waals surface area contributed by atoms with Gasteiger partial charge < -0.3 is 4.90 Å². The van der Waals surface area contributed by atoms with E-state index in [0.29, 0.717) is 17.1 Å². The Balaban J connectivity index is 1.62.